The molecule has 0 aromatic heterocycles. The molecule has 2 aromatic carbocycles. The summed E-state index contributed by atoms with van der Waals surface area (Å²) < 4.78 is 0. The fourth-order valence-corrected chi connectivity index (χ4v) is 1.75. The first-order valence-electron chi connectivity index (χ1n) is 6.21. The van der Waals surface area contributed by atoms with Crippen LogP contribution in [0.25, 0.3) is 0 Å². The molecule has 0 bridgehead atoms. The Kier molecular flexibility index (Phi) is 4.48. The van der Waals surface area contributed by atoms with E-state index in [0.717, 1.165) is 0 Å². The summed E-state index contributed by atoms with van der Waals surface area (Å²) >= 11 is 0. The summed E-state index contributed by atoms with van der Waals surface area (Å²) in [5, 5.41) is 20.2. The van der Waals surface area contributed by atoms with Gasteiger partial charge in [0.25, 0.3) is 0 Å². The van der Waals surface area contributed by atoms with Gasteiger partial charge in [0.2, 0.25) is 0 Å². The van der Waals surface area contributed by atoms with Crippen LogP contribution < -0.4 is 5.32 Å². The summed E-state index contributed by atoms with van der Waals surface area (Å²) in [7, 11) is 0. The van der Waals surface area contributed by atoms with E-state index in [9.17, 15) is 4.79 Å². The van der Waals surface area contributed by atoms with Crippen LogP contribution in [0.1, 0.15) is 15.9 Å². The summed E-state index contributed by atoms with van der Waals surface area (Å²) in [5.74, 6) is -0.0796. The highest BCUT2D eigenvalue weighted by atomic mass is 16.1. The molecule has 0 radical (unpaired) electrons. The van der Waals surface area contributed by atoms with Crippen molar-refractivity contribution >= 4 is 11.5 Å². The van der Waals surface area contributed by atoms with Crippen LogP contribution in [-0.2, 0) is 0 Å². The quantitative estimate of drug-likeness (QED) is 0.685. The first-order chi connectivity index (χ1) is 10.2. The van der Waals surface area contributed by atoms with Crippen molar-refractivity contribution in [1.82, 2.24) is 0 Å². The van der Waals surface area contributed by atoms with Crippen molar-refractivity contribution < 1.29 is 4.79 Å². The van der Waals surface area contributed by atoms with Crippen LogP contribution in [0.15, 0.2) is 66.4 Å². The molecule has 0 fully saturated rings. The number of allylic oxidation sites excluding steroid dienone is 1. The monoisotopic (exact) mass is 273 g/mol. The minimum Gasteiger partial charge on any atom is -0.360 e. The third-order valence-corrected chi connectivity index (χ3v) is 2.78. The van der Waals surface area contributed by atoms with E-state index >= 15 is 0 Å². The van der Waals surface area contributed by atoms with Crippen LogP contribution in [0.4, 0.5) is 5.69 Å². The number of nitrogens with zero attached hydrogens (tertiary/aromatic N) is 2. The minimum absolute atomic E-state index is 0.0326. The second kappa shape index (κ2) is 6.70. The van der Waals surface area contributed by atoms with Gasteiger partial charge in [-0.2, -0.15) is 10.5 Å². The molecule has 0 saturated heterocycles. The van der Waals surface area contributed by atoms with Crippen LogP contribution in [0.2, 0.25) is 0 Å². The van der Waals surface area contributed by atoms with Crippen molar-refractivity contribution in [3.05, 3.63) is 77.5 Å². The van der Waals surface area contributed by atoms with Gasteiger partial charge >= 0.3 is 0 Å². The molecule has 4 nitrogen and oxygen atoms in total. The maximum atomic E-state index is 12.3. The topological polar surface area (TPSA) is 76.7 Å². The smallest absolute Gasteiger partial charge is 0.193 e. The van der Waals surface area contributed by atoms with Gasteiger partial charge in [-0.25, -0.2) is 0 Å². The number of nitrogens with one attached hydrogen (secondary N) is 1. The van der Waals surface area contributed by atoms with E-state index in [0.29, 0.717) is 16.8 Å². The molecule has 0 aliphatic heterocycles. The maximum Gasteiger partial charge on any atom is 0.193 e. The van der Waals surface area contributed by atoms with Crippen molar-refractivity contribution in [1.29, 1.82) is 10.5 Å². The van der Waals surface area contributed by atoms with Gasteiger partial charge in [0.05, 0.1) is 0 Å². The van der Waals surface area contributed by atoms with Crippen molar-refractivity contribution in [3.63, 3.8) is 0 Å². The molecule has 0 unspecified atom stereocenters. The SMILES string of the molecule is N#CC(C#N)=CNc1cccc(C(=O)c2ccccc2)c1. The molecule has 100 valence electrons. The lowest BCUT2D eigenvalue weighted by Crippen LogP contribution is -2.01. The zero-order valence-corrected chi connectivity index (χ0v) is 11.1. The number of ketones is 1. The zero-order chi connectivity index (χ0) is 15.1. The average molecular weight is 273 g/mol. The Morgan fingerprint density at radius 3 is 2.29 bits per heavy atom. The third-order valence-electron chi connectivity index (χ3n) is 2.78. The summed E-state index contributed by atoms with van der Waals surface area (Å²) in [6.45, 7) is 0. The number of rotatable bonds is 4. The molecule has 21 heavy (non-hydrogen) atoms. The number of benzene rings is 2. The lowest BCUT2D eigenvalue weighted by molar-refractivity contribution is 0.103. The Bertz CT molecular complexity index is 749. The Morgan fingerprint density at radius 1 is 0.952 bits per heavy atom. The van der Waals surface area contributed by atoms with Gasteiger partial charge in [0.15, 0.2) is 5.78 Å². The molecule has 2 rings (SSSR count). The molecule has 0 amide bonds. The van der Waals surface area contributed by atoms with Crippen LogP contribution in [0.3, 0.4) is 0 Å². The highest BCUT2D eigenvalue weighted by Gasteiger charge is 2.08. The Morgan fingerprint density at radius 2 is 1.62 bits per heavy atom. The van der Waals surface area contributed by atoms with Crippen molar-refractivity contribution in [2.24, 2.45) is 0 Å². The van der Waals surface area contributed by atoms with Gasteiger partial charge in [0, 0.05) is 23.0 Å². The molecule has 0 spiro atoms. The second-order valence-corrected chi connectivity index (χ2v) is 4.20. The van der Waals surface area contributed by atoms with E-state index in [1.807, 2.05) is 18.2 Å². The van der Waals surface area contributed by atoms with Crippen LogP contribution in [0, 0.1) is 22.7 Å². The Labute approximate surface area is 122 Å². The molecule has 0 aliphatic carbocycles. The average Bonchev–Trinajstić information content (AvgIpc) is 2.56. The number of anilines is 1. The molecule has 0 aliphatic rings. The molecule has 2 aromatic rings. The predicted molar refractivity (Wildman–Crippen MR) is 79.2 cm³/mol. The van der Waals surface area contributed by atoms with E-state index in [4.69, 9.17) is 10.5 Å². The van der Waals surface area contributed by atoms with Crippen LogP contribution in [0.5, 0.6) is 0 Å². The number of nitriles is 2. The van der Waals surface area contributed by atoms with E-state index in [1.165, 1.54) is 6.20 Å². The van der Waals surface area contributed by atoms with E-state index in [2.05, 4.69) is 5.32 Å². The summed E-state index contributed by atoms with van der Waals surface area (Å²) in [6, 6.07) is 19.4. The van der Waals surface area contributed by atoms with Crippen molar-refractivity contribution in [3.8, 4) is 12.1 Å². The first kappa shape index (κ1) is 14.0. The summed E-state index contributed by atoms with van der Waals surface area (Å²) in [4.78, 5) is 12.3. The van der Waals surface area contributed by atoms with E-state index in [1.54, 1.807) is 48.5 Å². The number of carbonyl (C=O) groups excluding carboxylic acids is 1. The normalized spacial score (nSPS) is 9.05. The van der Waals surface area contributed by atoms with Crippen LogP contribution in [-0.4, -0.2) is 5.78 Å². The summed E-state index contributed by atoms with van der Waals surface area (Å²) in [5.41, 5.74) is 1.75. The Balaban J connectivity index is 2.23. The van der Waals surface area contributed by atoms with Gasteiger partial charge in [-0.15, -0.1) is 0 Å². The van der Waals surface area contributed by atoms with Gasteiger partial charge in [-0.1, -0.05) is 42.5 Å². The van der Waals surface area contributed by atoms with E-state index < -0.39 is 0 Å². The van der Waals surface area contributed by atoms with E-state index in [-0.39, 0.29) is 11.4 Å². The fourth-order valence-electron chi connectivity index (χ4n) is 1.75. The van der Waals surface area contributed by atoms with Gasteiger partial charge in [-0.3, -0.25) is 4.79 Å². The molecule has 1 N–H and O–H groups in total. The largest absolute Gasteiger partial charge is 0.360 e. The molecular weight excluding hydrogens is 262 g/mol. The standard InChI is InChI=1S/C17H11N3O/c18-10-13(11-19)12-20-16-8-4-7-15(9-16)17(21)14-5-2-1-3-6-14/h1-9,12,20H. The fraction of sp³-hybridized carbons (Fsp3) is 0. The molecular formula is C17H11N3O. The second-order valence-electron chi connectivity index (χ2n) is 4.20. The third kappa shape index (κ3) is 3.56. The highest BCUT2D eigenvalue weighted by Crippen LogP contribution is 2.15. The molecule has 0 saturated carbocycles. The predicted octanol–water partition coefficient (Wildman–Crippen LogP) is 3.26. The van der Waals surface area contributed by atoms with Gasteiger partial charge < -0.3 is 5.32 Å². The minimum atomic E-state index is -0.0796. The highest BCUT2D eigenvalue weighted by molar-refractivity contribution is 6.09. The Hall–Kier alpha value is -3.37. The molecule has 0 heterocycles. The molecule has 0 atom stereocenters. The molecule has 4 heteroatoms. The number of hydrogen-bond donors (Lipinski definition) is 1. The summed E-state index contributed by atoms with van der Waals surface area (Å²) in [6.07, 6.45) is 1.31. The zero-order valence-electron chi connectivity index (χ0n) is 11.1. The lowest BCUT2D eigenvalue weighted by Gasteiger charge is -2.04. The first-order valence-corrected chi connectivity index (χ1v) is 6.21. The van der Waals surface area contributed by atoms with Crippen molar-refractivity contribution in [2.45, 2.75) is 0 Å². The maximum absolute atomic E-state index is 12.3. The lowest BCUT2D eigenvalue weighted by atomic mass is 10.0. The number of hydrogen-bond acceptors (Lipinski definition) is 4. The van der Waals surface area contributed by atoms with Crippen molar-refractivity contribution in [2.75, 3.05) is 5.32 Å². The van der Waals surface area contributed by atoms with Gasteiger partial charge in [-0.05, 0) is 12.1 Å². The number of carbonyl (C=O) groups is 1. The van der Waals surface area contributed by atoms with Crippen LogP contribution >= 0.6 is 0 Å². The van der Waals surface area contributed by atoms with Gasteiger partial charge in [0.1, 0.15) is 17.7 Å².